The maximum Gasteiger partial charge on any atom is 0.0558 e. The molecule has 0 aliphatic rings. The fourth-order valence-corrected chi connectivity index (χ4v) is 3.34. The Balaban J connectivity index is 2.27. The average Bonchev–Trinajstić information content (AvgIpc) is 2.71. The minimum absolute atomic E-state index is 0.212. The van der Waals surface area contributed by atoms with Crippen molar-refractivity contribution in [2.75, 3.05) is 13.2 Å². The van der Waals surface area contributed by atoms with E-state index in [1.165, 1.54) is 15.6 Å². The maximum absolute atomic E-state index is 9.13. The molecule has 2 rings (SSSR count). The minimum atomic E-state index is 0.212. The van der Waals surface area contributed by atoms with Crippen molar-refractivity contribution in [3.63, 3.8) is 0 Å². The standard InChI is InChI=1S/C14H18BrNOS/c1-10(2)16(5-6-17)8-11-9-18-14-4-3-12(15)7-13(11)14/h3-4,7,9-10,17H,5-6,8H2,1-2H3. The van der Waals surface area contributed by atoms with Gasteiger partial charge in [-0.15, -0.1) is 11.3 Å². The molecule has 2 nitrogen and oxygen atoms in total. The van der Waals surface area contributed by atoms with Gasteiger partial charge in [0, 0.05) is 28.3 Å². The third kappa shape index (κ3) is 3.12. The summed E-state index contributed by atoms with van der Waals surface area (Å²) in [5.41, 5.74) is 1.35. The van der Waals surface area contributed by atoms with Gasteiger partial charge in [-0.1, -0.05) is 15.9 Å². The van der Waals surface area contributed by atoms with Gasteiger partial charge in [0.05, 0.1) is 6.61 Å². The van der Waals surface area contributed by atoms with Gasteiger partial charge >= 0.3 is 0 Å². The Kier molecular flexibility index (Phi) is 4.78. The van der Waals surface area contributed by atoms with Crippen molar-refractivity contribution >= 4 is 37.4 Å². The second-order valence-corrected chi connectivity index (χ2v) is 6.52. The van der Waals surface area contributed by atoms with Crippen LogP contribution in [0, 0.1) is 0 Å². The first-order chi connectivity index (χ1) is 8.61. The molecule has 0 radical (unpaired) electrons. The van der Waals surface area contributed by atoms with Crippen molar-refractivity contribution in [3.05, 3.63) is 33.6 Å². The number of thiophene rings is 1. The third-order valence-electron chi connectivity index (χ3n) is 3.11. The van der Waals surface area contributed by atoms with Crippen LogP contribution < -0.4 is 0 Å². The van der Waals surface area contributed by atoms with Gasteiger partial charge in [-0.2, -0.15) is 0 Å². The summed E-state index contributed by atoms with van der Waals surface area (Å²) in [5, 5.41) is 12.7. The summed E-state index contributed by atoms with van der Waals surface area (Å²) in [7, 11) is 0. The van der Waals surface area contributed by atoms with Gasteiger partial charge in [0.2, 0.25) is 0 Å². The number of rotatable bonds is 5. The van der Waals surface area contributed by atoms with Crippen molar-refractivity contribution in [3.8, 4) is 0 Å². The first-order valence-electron chi connectivity index (χ1n) is 6.12. The van der Waals surface area contributed by atoms with E-state index in [0.29, 0.717) is 6.04 Å². The Morgan fingerprint density at radius 2 is 2.17 bits per heavy atom. The largest absolute Gasteiger partial charge is 0.395 e. The predicted molar refractivity (Wildman–Crippen MR) is 82.2 cm³/mol. The van der Waals surface area contributed by atoms with Crippen LogP contribution in [-0.2, 0) is 6.54 Å². The van der Waals surface area contributed by atoms with E-state index >= 15 is 0 Å². The van der Waals surface area contributed by atoms with Crippen molar-refractivity contribution in [2.24, 2.45) is 0 Å². The summed E-state index contributed by atoms with van der Waals surface area (Å²) in [6.07, 6.45) is 0. The lowest BCUT2D eigenvalue weighted by Crippen LogP contribution is -2.32. The van der Waals surface area contributed by atoms with Crippen LogP contribution in [0.1, 0.15) is 19.4 Å². The molecule has 0 bridgehead atoms. The predicted octanol–water partition coefficient (Wildman–Crippen LogP) is 3.87. The molecule has 1 aromatic carbocycles. The molecular formula is C14H18BrNOS. The number of halogens is 1. The lowest BCUT2D eigenvalue weighted by atomic mass is 10.1. The van der Waals surface area contributed by atoms with E-state index < -0.39 is 0 Å². The summed E-state index contributed by atoms with van der Waals surface area (Å²) in [4.78, 5) is 2.29. The molecule has 0 spiro atoms. The highest BCUT2D eigenvalue weighted by Crippen LogP contribution is 2.29. The first kappa shape index (κ1) is 14.0. The van der Waals surface area contributed by atoms with Crippen molar-refractivity contribution in [2.45, 2.75) is 26.4 Å². The number of aliphatic hydroxyl groups is 1. The summed E-state index contributed by atoms with van der Waals surface area (Å²) < 4.78 is 2.44. The Hall–Kier alpha value is -0.420. The molecule has 0 atom stereocenters. The molecule has 1 heterocycles. The molecule has 1 N–H and O–H groups in total. The normalized spacial score (nSPS) is 11.9. The van der Waals surface area contributed by atoms with Crippen LogP contribution >= 0.6 is 27.3 Å². The second-order valence-electron chi connectivity index (χ2n) is 4.69. The molecule has 0 aliphatic carbocycles. The number of hydrogen-bond acceptors (Lipinski definition) is 3. The van der Waals surface area contributed by atoms with Crippen LogP contribution in [0.15, 0.2) is 28.1 Å². The Bertz CT molecular complexity index is 523. The molecule has 0 amide bonds. The van der Waals surface area contributed by atoms with E-state index in [2.05, 4.69) is 58.3 Å². The van der Waals surface area contributed by atoms with E-state index in [-0.39, 0.29) is 6.61 Å². The SMILES string of the molecule is CC(C)N(CCO)Cc1csc2ccc(Br)cc12. The zero-order valence-electron chi connectivity index (χ0n) is 10.7. The number of hydrogen-bond donors (Lipinski definition) is 1. The molecule has 1 aromatic heterocycles. The number of benzene rings is 1. The number of fused-ring (bicyclic) bond motifs is 1. The molecular weight excluding hydrogens is 310 g/mol. The van der Waals surface area contributed by atoms with Gasteiger partial charge in [0.25, 0.3) is 0 Å². The molecule has 0 saturated carbocycles. The van der Waals surface area contributed by atoms with Gasteiger partial charge in [-0.05, 0) is 48.4 Å². The van der Waals surface area contributed by atoms with E-state index in [1.54, 1.807) is 11.3 Å². The van der Waals surface area contributed by atoms with Gasteiger partial charge in [-0.3, -0.25) is 4.90 Å². The highest BCUT2D eigenvalue weighted by Gasteiger charge is 2.12. The van der Waals surface area contributed by atoms with E-state index in [4.69, 9.17) is 5.11 Å². The molecule has 98 valence electrons. The zero-order valence-corrected chi connectivity index (χ0v) is 13.1. The molecule has 0 saturated heterocycles. The second kappa shape index (κ2) is 6.15. The highest BCUT2D eigenvalue weighted by atomic mass is 79.9. The van der Waals surface area contributed by atoms with Crippen LogP contribution in [0.25, 0.3) is 10.1 Å². The van der Waals surface area contributed by atoms with Crippen LogP contribution in [0.2, 0.25) is 0 Å². The molecule has 18 heavy (non-hydrogen) atoms. The van der Waals surface area contributed by atoms with E-state index in [9.17, 15) is 0 Å². The summed E-state index contributed by atoms with van der Waals surface area (Å²) in [6, 6.07) is 6.85. The summed E-state index contributed by atoms with van der Waals surface area (Å²) in [6.45, 7) is 6.17. The topological polar surface area (TPSA) is 23.5 Å². The first-order valence-corrected chi connectivity index (χ1v) is 7.79. The summed E-state index contributed by atoms with van der Waals surface area (Å²) >= 11 is 5.31. The Labute approximate surface area is 120 Å². The molecule has 0 fully saturated rings. The number of nitrogens with zero attached hydrogens (tertiary/aromatic N) is 1. The zero-order chi connectivity index (χ0) is 13.1. The van der Waals surface area contributed by atoms with Gasteiger partial charge in [-0.25, -0.2) is 0 Å². The molecule has 0 aliphatic heterocycles. The monoisotopic (exact) mass is 327 g/mol. The highest BCUT2D eigenvalue weighted by molar-refractivity contribution is 9.10. The maximum atomic E-state index is 9.13. The van der Waals surface area contributed by atoms with E-state index in [1.807, 2.05) is 0 Å². The lowest BCUT2D eigenvalue weighted by Gasteiger charge is -2.25. The van der Waals surface area contributed by atoms with Gasteiger partial charge in [0.15, 0.2) is 0 Å². The van der Waals surface area contributed by atoms with Crippen LogP contribution in [0.3, 0.4) is 0 Å². The third-order valence-corrected chi connectivity index (χ3v) is 4.61. The molecule has 0 unspecified atom stereocenters. The van der Waals surface area contributed by atoms with Crippen molar-refractivity contribution in [1.82, 2.24) is 4.90 Å². The van der Waals surface area contributed by atoms with Crippen LogP contribution in [0.5, 0.6) is 0 Å². The lowest BCUT2D eigenvalue weighted by molar-refractivity contribution is 0.160. The smallest absolute Gasteiger partial charge is 0.0558 e. The fourth-order valence-electron chi connectivity index (χ4n) is 2.04. The van der Waals surface area contributed by atoms with E-state index in [0.717, 1.165) is 17.6 Å². The van der Waals surface area contributed by atoms with Gasteiger partial charge in [0.1, 0.15) is 0 Å². The number of aliphatic hydroxyl groups excluding tert-OH is 1. The van der Waals surface area contributed by atoms with Crippen molar-refractivity contribution in [1.29, 1.82) is 0 Å². The van der Waals surface area contributed by atoms with Crippen LogP contribution in [0.4, 0.5) is 0 Å². The molecule has 4 heteroatoms. The quantitative estimate of drug-likeness (QED) is 0.901. The fraction of sp³-hybridized carbons (Fsp3) is 0.429. The van der Waals surface area contributed by atoms with Crippen LogP contribution in [-0.4, -0.2) is 29.2 Å². The average molecular weight is 328 g/mol. The molecule has 2 aromatic rings. The Morgan fingerprint density at radius 1 is 1.39 bits per heavy atom. The summed E-state index contributed by atoms with van der Waals surface area (Å²) in [5.74, 6) is 0. The van der Waals surface area contributed by atoms with Gasteiger partial charge < -0.3 is 5.11 Å². The minimum Gasteiger partial charge on any atom is -0.395 e. The Morgan fingerprint density at radius 3 is 2.83 bits per heavy atom. The van der Waals surface area contributed by atoms with Crippen molar-refractivity contribution < 1.29 is 5.11 Å².